The van der Waals surface area contributed by atoms with Crippen molar-refractivity contribution >= 4 is 0 Å². The molecule has 0 nitrogen and oxygen atoms in total. The van der Waals surface area contributed by atoms with E-state index in [4.69, 9.17) is 0 Å². The standard InChI is InChI=1S/C12H22/c1-8-10(5)11(8,6)12(10,7)9(2,3)4/h8H,1-7H3. The molecule has 0 aliphatic heterocycles. The Balaban J connectivity index is 2.34. The Kier molecular flexibility index (Phi) is 1.08. The molecule has 2 rings (SSSR count). The minimum absolute atomic E-state index is 0.475. The van der Waals surface area contributed by atoms with Crippen LogP contribution in [-0.4, -0.2) is 0 Å². The molecule has 2 aliphatic carbocycles. The van der Waals surface area contributed by atoms with E-state index in [2.05, 4.69) is 48.5 Å². The van der Waals surface area contributed by atoms with Crippen molar-refractivity contribution in [2.24, 2.45) is 27.6 Å². The number of hydrogen-bond acceptors (Lipinski definition) is 0. The fraction of sp³-hybridized carbons (Fsp3) is 1.00. The highest BCUT2D eigenvalue weighted by Crippen LogP contribution is 3.02. The van der Waals surface area contributed by atoms with E-state index in [0.29, 0.717) is 21.7 Å². The smallest absolute Gasteiger partial charge is 0.0153 e. The Morgan fingerprint density at radius 3 is 1.33 bits per heavy atom. The van der Waals surface area contributed by atoms with Gasteiger partial charge >= 0.3 is 0 Å². The van der Waals surface area contributed by atoms with Crippen molar-refractivity contribution in [3.05, 3.63) is 0 Å². The lowest BCUT2D eigenvalue weighted by Crippen LogP contribution is -2.34. The third kappa shape index (κ3) is 0.418. The Morgan fingerprint density at radius 2 is 1.25 bits per heavy atom. The molecule has 0 bridgehead atoms. The summed E-state index contributed by atoms with van der Waals surface area (Å²) >= 11 is 0. The maximum atomic E-state index is 2.48. The van der Waals surface area contributed by atoms with Crippen LogP contribution in [0.15, 0.2) is 0 Å². The van der Waals surface area contributed by atoms with Crippen molar-refractivity contribution < 1.29 is 0 Å². The highest BCUT2D eigenvalue weighted by Gasteiger charge is 2.98. The largest absolute Gasteiger partial charge is 0.0614 e. The van der Waals surface area contributed by atoms with Gasteiger partial charge in [-0.3, -0.25) is 0 Å². The second-order valence-corrected chi connectivity index (χ2v) is 6.50. The average Bonchev–Trinajstić information content (AvgIpc) is 2.53. The Labute approximate surface area is 76.7 Å². The average molecular weight is 166 g/mol. The molecule has 2 saturated carbocycles. The van der Waals surface area contributed by atoms with Gasteiger partial charge in [-0.25, -0.2) is 0 Å². The Bertz CT molecular complexity index is 229. The van der Waals surface area contributed by atoms with E-state index >= 15 is 0 Å². The SMILES string of the molecule is CC1C2(C)C1(C)C2(C)C(C)(C)C. The summed E-state index contributed by atoms with van der Waals surface area (Å²) in [6, 6.07) is 0. The highest BCUT2D eigenvalue weighted by molar-refractivity contribution is 5.45. The Morgan fingerprint density at radius 1 is 0.917 bits per heavy atom. The van der Waals surface area contributed by atoms with Gasteiger partial charge in [0.1, 0.15) is 0 Å². The first-order valence-electron chi connectivity index (χ1n) is 5.15. The zero-order chi connectivity index (χ0) is 9.58. The van der Waals surface area contributed by atoms with E-state index in [0.717, 1.165) is 5.92 Å². The van der Waals surface area contributed by atoms with Gasteiger partial charge < -0.3 is 0 Å². The first-order chi connectivity index (χ1) is 5.15. The van der Waals surface area contributed by atoms with Crippen LogP contribution in [0.2, 0.25) is 0 Å². The predicted molar refractivity (Wildman–Crippen MR) is 52.9 cm³/mol. The van der Waals surface area contributed by atoms with Crippen molar-refractivity contribution in [3.8, 4) is 0 Å². The first-order valence-corrected chi connectivity index (χ1v) is 5.15. The molecule has 0 heterocycles. The van der Waals surface area contributed by atoms with Crippen LogP contribution in [0, 0.1) is 27.6 Å². The van der Waals surface area contributed by atoms with Gasteiger partial charge in [0, 0.05) is 0 Å². The maximum absolute atomic E-state index is 2.48. The molecule has 0 saturated heterocycles. The van der Waals surface area contributed by atoms with E-state index < -0.39 is 0 Å². The molecule has 70 valence electrons. The molecule has 2 unspecified atom stereocenters. The third-order valence-electron chi connectivity index (χ3n) is 6.24. The van der Waals surface area contributed by atoms with Crippen LogP contribution < -0.4 is 0 Å². The van der Waals surface area contributed by atoms with Gasteiger partial charge in [0.2, 0.25) is 0 Å². The molecule has 2 atom stereocenters. The van der Waals surface area contributed by atoms with Gasteiger partial charge in [0.15, 0.2) is 0 Å². The van der Waals surface area contributed by atoms with E-state index in [1.807, 2.05) is 0 Å². The van der Waals surface area contributed by atoms with Crippen LogP contribution in [0.1, 0.15) is 48.5 Å². The van der Waals surface area contributed by atoms with Crippen molar-refractivity contribution in [2.75, 3.05) is 0 Å². The normalized spacial score (nSPS) is 62.8. The fourth-order valence-corrected chi connectivity index (χ4v) is 4.60. The van der Waals surface area contributed by atoms with E-state index in [-0.39, 0.29) is 0 Å². The maximum Gasteiger partial charge on any atom is -0.0153 e. The zero-order valence-electron chi connectivity index (χ0n) is 9.58. The molecule has 0 spiro atoms. The second kappa shape index (κ2) is 1.51. The lowest BCUT2D eigenvalue weighted by atomic mass is 9.64. The molecule has 0 aromatic carbocycles. The number of rotatable bonds is 0. The molecule has 0 radical (unpaired) electrons. The van der Waals surface area contributed by atoms with Gasteiger partial charge in [-0.05, 0) is 27.6 Å². The monoisotopic (exact) mass is 166 g/mol. The van der Waals surface area contributed by atoms with Crippen molar-refractivity contribution in [2.45, 2.75) is 48.5 Å². The van der Waals surface area contributed by atoms with Gasteiger partial charge in [0.25, 0.3) is 0 Å². The van der Waals surface area contributed by atoms with Gasteiger partial charge in [-0.15, -0.1) is 0 Å². The summed E-state index contributed by atoms with van der Waals surface area (Å²) in [5, 5.41) is 0. The van der Waals surface area contributed by atoms with Crippen LogP contribution >= 0.6 is 0 Å². The van der Waals surface area contributed by atoms with Crippen LogP contribution in [-0.2, 0) is 0 Å². The lowest BCUT2D eigenvalue weighted by molar-refractivity contribution is 0.0802. The van der Waals surface area contributed by atoms with Gasteiger partial charge in [-0.2, -0.15) is 0 Å². The van der Waals surface area contributed by atoms with E-state index in [9.17, 15) is 0 Å². The molecule has 2 aliphatic rings. The molecule has 0 aromatic rings. The molecule has 0 amide bonds. The molecule has 0 N–H and O–H groups in total. The summed E-state index contributed by atoms with van der Waals surface area (Å²) in [5.41, 5.74) is 2.37. The van der Waals surface area contributed by atoms with Crippen molar-refractivity contribution in [3.63, 3.8) is 0 Å². The minimum atomic E-state index is 0.475. The molecular formula is C12H22. The van der Waals surface area contributed by atoms with Crippen LogP contribution in [0.4, 0.5) is 0 Å². The predicted octanol–water partition coefficient (Wildman–Crippen LogP) is 3.71. The summed E-state index contributed by atoms with van der Waals surface area (Å²) in [4.78, 5) is 0. The van der Waals surface area contributed by atoms with Crippen LogP contribution in [0.25, 0.3) is 0 Å². The zero-order valence-corrected chi connectivity index (χ0v) is 9.58. The van der Waals surface area contributed by atoms with Gasteiger partial charge in [0.05, 0.1) is 0 Å². The number of fused-ring (bicyclic) bond motifs is 1. The van der Waals surface area contributed by atoms with Crippen LogP contribution in [0.3, 0.4) is 0 Å². The number of hydrogen-bond donors (Lipinski definition) is 0. The summed E-state index contributed by atoms with van der Waals surface area (Å²) in [6.45, 7) is 17.0. The summed E-state index contributed by atoms with van der Waals surface area (Å²) < 4.78 is 0. The molecular weight excluding hydrogens is 144 g/mol. The lowest BCUT2D eigenvalue weighted by Gasteiger charge is -2.40. The summed E-state index contributed by atoms with van der Waals surface area (Å²) in [5.74, 6) is 0.953. The van der Waals surface area contributed by atoms with Crippen molar-refractivity contribution in [1.29, 1.82) is 0 Å². The minimum Gasteiger partial charge on any atom is -0.0614 e. The third-order valence-corrected chi connectivity index (χ3v) is 6.24. The quantitative estimate of drug-likeness (QED) is 0.514. The van der Waals surface area contributed by atoms with Gasteiger partial charge in [-0.1, -0.05) is 48.5 Å². The molecule has 2 fully saturated rings. The van der Waals surface area contributed by atoms with Crippen molar-refractivity contribution in [1.82, 2.24) is 0 Å². The first kappa shape index (κ1) is 8.59. The topological polar surface area (TPSA) is 0 Å². The second-order valence-electron chi connectivity index (χ2n) is 6.50. The van der Waals surface area contributed by atoms with Crippen LogP contribution in [0.5, 0.6) is 0 Å². The summed E-state index contributed by atoms with van der Waals surface area (Å²) in [7, 11) is 0. The Hall–Kier alpha value is 0. The molecule has 0 heteroatoms. The highest BCUT2D eigenvalue weighted by atomic mass is 15.0. The molecule has 0 aromatic heterocycles. The molecule has 12 heavy (non-hydrogen) atoms. The van der Waals surface area contributed by atoms with E-state index in [1.165, 1.54) is 0 Å². The van der Waals surface area contributed by atoms with E-state index in [1.54, 1.807) is 0 Å². The fourth-order valence-electron chi connectivity index (χ4n) is 4.60. The summed E-state index contributed by atoms with van der Waals surface area (Å²) in [6.07, 6.45) is 0.